The molecule has 1 aliphatic heterocycles. The van der Waals surface area contributed by atoms with Gasteiger partial charge in [0, 0.05) is 17.9 Å². The summed E-state index contributed by atoms with van der Waals surface area (Å²) < 4.78 is 5.88. The molecule has 1 heterocycles. The van der Waals surface area contributed by atoms with Gasteiger partial charge in [-0.25, -0.2) is 0 Å². The topological polar surface area (TPSA) is 29.5 Å². The zero-order valence-corrected chi connectivity index (χ0v) is 9.62. The number of rotatable bonds is 1. The number of aliphatic hydroxyl groups is 1. The minimum atomic E-state index is -1.13. The van der Waals surface area contributed by atoms with Gasteiger partial charge in [0.1, 0.15) is 0 Å². The molecule has 3 rings (SSSR count). The molecule has 1 N–H and O–H groups in total. The maximum Gasteiger partial charge on any atom is 0.193 e. The minimum absolute atomic E-state index is 0.000967. The first-order chi connectivity index (χ1) is 8.28. The van der Waals surface area contributed by atoms with Crippen LogP contribution in [0.25, 0.3) is 0 Å². The van der Waals surface area contributed by atoms with Crippen molar-refractivity contribution < 1.29 is 9.84 Å². The second kappa shape index (κ2) is 4.13. The van der Waals surface area contributed by atoms with Crippen LogP contribution in [0.1, 0.15) is 18.4 Å². The molecule has 0 saturated carbocycles. The van der Waals surface area contributed by atoms with Gasteiger partial charge >= 0.3 is 0 Å². The Labute approximate surface area is 101 Å². The first-order valence-corrected chi connectivity index (χ1v) is 6.09. The molecule has 0 bridgehead atoms. The third-order valence-electron chi connectivity index (χ3n) is 3.56. The van der Waals surface area contributed by atoms with E-state index < -0.39 is 5.79 Å². The van der Waals surface area contributed by atoms with E-state index in [1.807, 2.05) is 42.5 Å². The van der Waals surface area contributed by atoms with Crippen molar-refractivity contribution in [3.05, 3.63) is 60.2 Å². The molecule has 2 aliphatic rings. The zero-order chi connectivity index (χ0) is 11.7. The fourth-order valence-electron chi connectivity index (χ4n) is 2.58. The van der Waals surface area contributed by atoms with Crippen LogP contribution in [0, 0.1) is 5.92 Å². The van der Waals surface area contributed by atoms with Gasteiger partial charge in [-0.1, -0.05) is 54.6 Å². The van der Waals surface area contributed by atoms with E-state index >= 15 is 0 Å². The van der Waals surface area contributed by atoms with Gasteiger partial charge in [0.2, 0.25) is 0 Å². The lowest BCUT2D eigenvalue weighted by Crippen LogP contribution is -2.42. The molecule has 3 atom stereocenters. The summed E-state index contributed by atoms with van der Waals surface area (Å²) in [6, 6.07) is 9.64. The van der Waals surface area contributed by atoms with Crippen LogP contribution in [0.15, 0.2) is 54.6 Å². The molecule has 0 spiro atoms. The van der Waals surface area contributed by atoms with E-state index in [2.05, 4.69) is 12.2 Å². The van der Waals surface area contributed by atoms with Crippen molar-refractivity contribution >= 4 is 0 Å². The lowest BCUT2D eigenvalue weighted by atomic mass is 9.85. The van der Waals surface area contributed by atoms with Crippen LogP contribution < -0.4 is 0 Å². The Kier molecular flexibility index (Phi) is 2.61. The fourth-order valence-corrected chi connectivity index (χ4v) is 2.58. The number of hydrogen-bond acceptors (Lipinski definition) is 2. The molecule has 2 heteroatoms. The highest BCUT2D eigenvalue weighted by Gasteiger charge is 2.40. The molecular formula is C15H16O2. The van der Waals surface area contributed by atoms with Gasteiger partial charge in [-0.3, -0.25) is 0 Å². The second-order valence-corrected chi connectivity index (χ2v) is 4.71. The summed E-state index contributed by atoms with van der Waals surface area (Å²) in [6.07, 6.45) is 9.83. The summed E-state index contributed by atoms with van der Waals surface area (Å²) >= 11 is 0. The Morgan fingerprint density at radius 1 is 1.12 bits per heavy atom. The lowest BCUT2D eigenvalue weighted by Gasteiger charge is -2.40. The summed E-state index contributed by atoms with van der Waals surface area (Å²) in [6.45, 7) is 0. The van der Waals surface area contributed by atoms with Crippen LogP contribution in [0.5, 0.6) is 0 Å². The second-order valence-electron chi connectivity index (χ2n) is 4.71. The van der Waals surface area contributed by atoms with E-state index in [4.69, 9.17) is 4.74 Å². The van der Waals surface area contributed by atoms with Gasteiger partial charge in [0.15, 0.2) is 5.79 Å². The van der Waals surface area contributed by atoms with Crippen molar-refractivity contribution in [2.75, 3.05) is 0 Å². The summed E-state index contributed by atoms with van der Waals surface area (Å²) in [5, 5.41) is 10.6. The van der Waals surface area contributed by atoms with Gasteiger partial charge in [-0.2, -0.15) is 0 Å². The van der Waals surface area contributed by atoms with Gasteiger partial charge in [0.05, 0.1) is 6.10 Å². The molecule has 0 radical (unpaired) electrons. The number of benzene rings is 1. The SMILES string of the molecule is OC1(c2ccccc2)CCC2C=CC=CC2O1. The Bertz CT molecular complexity index is 449. The number of allylic oxidation sites excluding steroid dienone is 2. The van der Waals surface area contributed by atoms with E-state index in [0.717, 1.165) is 12.0 Å². The van der Waals surface area contributed by atoms with E-state index in [9.17, 15) is 5.11 Å². The maximum atomic E-state index is 10.6. The molecule has 3 unspecified atom stereocenters. The number of hydrogen-bond donors (Lipinski definition) is 1. The molecule has 0 aromatic heterocycles. The number of fused-ring (bicyclic) bond motifs is 1. The van der Waals surface area contributed by atoms with E-state index in [0.29, 0.717) is 12.3 Å². The Balaban J connectivity index is 1.86. The molecule has 17 heavy (non-hydrogen) atoms. The molecule has 0 amide bonds. The first kappa shape index (κ1) is 10.8. The highest BCUT2D eigenvalue weighted by molar-refractivity contribution is 5.23. The van der Waals surface area contributed by atoms with Crippen LogP contribution >= 0.6 is 0 Å². The molecule has 1 aromatic rings. The first-order valence-electron chi connectivity index (χ1n) is 6.09. The van der Waals surface area contributed by atoms with Crippen LogP contribution in [0.4, 0.5) is 0 Å². The Morgan fingerprint density at radius 3 is 2.71 bits per heavy atom. The molecule has 1 fully saturated rings. The van der Waals surface area contributed by atoms with Gasteiger partial charge < -0.3 is 9.84 Å². The predicted octanol–water partition coefficient (Wildman–Crippen LogP) is 2.75. The molecule has 1 aliphatic carbocycles. The maximum absolute atomic E-state index is 10.6. The van der Waals surface area contributed by atoms with Crippen LogP contribution in [-0.2, 0) is 10.5 Å². The summed E-state index contributed by atoms with van der Waals surface area (Å²) in [4.78, 5) is 0. The Morgan fingerprint density at radius 2 is 1.88 bits per heavy atom. The van der Waals surface area contributed by atoms with Crippen molar-refractivity contribution in [1.82, 2.24) is 0 Å². The van der Waals surface area contributed by atoms with Crippen molar-refractivity contribution in [2.24, 2.45) is 5.92 Å². The fraction of sp³-hybridized carbons (Fsp3) is 0.333. The van der Waals surface area contributed by atoms with Crippen LogP contribution in [0.3, 0.4) is 0 Å². The van der Waals surface area contributed by atoms with Gasteiger partial charge in [-0.05, 0) is 6.42 Å². The molecule has 1 saturated heterocycles. The van der Waals surface area contributed by atoms with E-state index in [1.165, 1.54) is 0 Å². The number of ether oxygens (including phenoxy) is 1. The minimum Gasteiger partial charge on any atom is -0.362 e. The standard InChI is InChI=1S/C15H16O2/c16-15(13-7-2-1-3-8-13)11-10-12-6-4-5-9-14(12)17-15/h1-9,12,14,16H,10-11H2. The van der Waals surface area contributed by atoms with Crippen molar-refractivity contribution in [2.45, 2.75) is 24.7 Å². The van der Waals surface area contributed by atoms with E-state index in [1.54, 1.807) is 0 Å². The van der Waals surface area contributed by atoms with Gasteiger partial charge in [-0.15, -0.1) is 0 Å². The normalized spacial score (nSPS) is 35.6. The highest BCUT2D eigenvalue weighted by Crippen LogP contribution is 2.39. The largest absolute Gasteiger partial charge is 0.362 e. The summed E-state index contributed by atoms with van der Waals surface area (Å²) in [7, 11) is 0. The molecular weight excluding hydrogens is 212 g/mol. The average molecular weight is 228 g/mol. The van der Waals surface area contributed by atoms with Crippen LogP contribution in [-0.4, -0.2) is 11.2 Å². The molecule has 1 aromatic carbocycles. The third-order valence-corrected chi connectivity index (χ3v) is 3.56. The monoisotopic (exact) mass is 228 g/mol. The predicted molar refractivity (Wildman–Crippen MR) is 66.2 cm³/mol. The van der Waals surface area contributed by atoms with Crippen molar-refractivity contribution in [1.29, 1.82) is 0 Å². The Hall–Kier alpha value is -1.38. The molecule has 2 nitrogen and oxygen atoms in total. The quantitative estimate of drug-likeness (QED) is 0.801. The van der Waals surface area contributed by atoms with E-state index in [-0.39, 0.29) is 6.10 Å². The van der Waals surface area contributed by atoms with Gasteiger partial charge in [0.25, 0.3) is 0 Å². The van der Waals surface area contributed by atoms with Crippen molar-refractivity contribution in [3.63, 3.8) is 0 Å². The third kappa shape index (κ3) is 1.94. The average Bonchev–Trinajstić information content (AvgIpc) is 2.40. The van der Waals surface area contributed by atoms with Crippen molar-refractivity contribution in [3.8, 4) is 0 Å². The summed E-state index contributed by atoms with van der Waals surface area (Å²) in [5.41, 5.74) is 0.849. The summed E-state index contributed by atoms with van der Waals surface area (Å²) in [5.74, 6) is -0.721. The lowest BCUT2D eigenvalue weighted by molar-refractivity contribution is -0.261. The highest BCUT2D eigenvalue weighted by atomic mass is 16.6. The van der Waals surface area contributed by atoms with Crippen LogP contribution in [0.2, 0.25) is 0 Å². The molecule has 88 valence electrons. The zero-order valence-electron chi connectivity index (χ0n) is 9.62. The smallest absolute Gasteiger partial charge is 0.193 e.